The summed E-state index contributed by atoms with van der Waals surface area (Å²) in [5.41, 5.74) is 2.88. The Hall–Kier alpha value is -3.25. The van der Waals surface area contributed by atoms with E-state index in [1.807, 2.05) is 74.5 Å². The first kappa shape index (κ1) is 20.0. The molecule has 1 amide bonds. The number of aromatic nitrogens is 2. The summed E-state index contributed by atoms with van der Waals surface area (Å²) in [6.45, 7) is 4.85. The van der Waals surface area contributed by atoms with Crippen LogP contribution in [0.2, 0.25) is 0 Å². The van der Waals surface area contributed by atoms with E-state index in [4.69, 9.17) is 0 Å². The molecule has 2 heterocycles. The summed E-state index contributed by atoms with van der Waals surface area (Å²) in [6.07, 6.45) is 1.49. The molecule has 6 heteroatoms. The quantitative estimate of drug-likeness (QED) is 0.470. The van der Waals surface area contributed by atoms with Gasteiger partial charge in [-0.15, -0.1) is 11.3 Å². The number of benzene rings is 2. The van der Waals surface area contributed by atoms with Crippen LogP contribution < -0.4 is 5.56 Å². The standard InChI is InChI=1S/C24H23N3O2S/c1-17-18(2)30-23-22(17)24(29)27(16-25-23)15-21(28)26(13-19-9-5-3-6-10-19)14-20-11-7-4-8-12-20/h3-12,16H,13-15H2,1-2H3. The Morgan fingerprint density at radius 1 is 0.967 bits per heavy atom. The van der Waals surface area contributed by atoms with Gasteiger partial charge in [-0.05, 0) is 30.5 Å². The minimum Gasteiger partial charge on any atom is -0.332 e. The van der Waals surface area contributed by atoms with Gasteiger partial charge in [0.15, 0.2) is 0 Å². The van der Waals surface area contributed by atoms with Crippen molar-refractivity contribution in [1.82, 2.24) is 14.5 Å². The number of hydrogen-bond acceptors (Lipinski definition) is 4. The van der Waals surface area contributed by atoms with Gasteiger partial charge in [-0.2, -0.15) is 0 Å². The first-order valence-electron chi connectivity index (χ1n) is 9.83. The zero-order chi connectivity index (χ0) is 21.1. The predicted molar refractivity (Wildman–Crippen MR) is 120 cm³/mol. The Bertz CT molecular complexity index is 1190. The first-order valence-corrected chi connectivity index (χ1v) is 10.7. The number of rotatable bonds is 6. The predicted octanol–water partition coefficient (Wildman–Crippen LogP) is 4.30. The van der Waals surface area contributed by atoms with Crippen molar-refractivity contribution in [3.05, 3.63) is 98.9 Å². The topological polar surface area (TPSA) is 55.2 Å². The van der Waals surface area contributed by atoms with E-state index < -0.39 is 0 Å². The van der Waals surface area contributed by atoms with Gasteiger partial charge in [-0.1, -0.05) is 60.7 Å². The van der Waals surface area contributed by atoms with E-state index in [1.165, 1.54) is 22.2 Å². The number of fused-ring (bicyclic) bond motifs is 1. The molecule has 30 heavy (non-hydrogen) atoms. The Morgan fingerprint density at radius 2 is 1.53 bits per heavy atom. The third kappa shape index (κ3) is 4.19. The smallest absolute Gasteiger partial charge is 0.262 e. The molecule has 4 aromatic rings. The number of carbonyl (C=O) groups excluding carboxylic acids is 1. The SMILES string of the molecule is Cc1sc2ncn(CC(=O)N(Cc3ccccc3)Cc3ccccc3)c(=O)c2c1C. The second-order valence-corrected chi connectivity index (χ2v) is 8.57. The fourth-order valence-corrected chi connectivity index (χ4v) is 4.46. The normalized spacial score (nSPS) is 11.0. The highest BCUT2D eigenvalue weighted by Crippen LogP contribution is 2.25. The summed E-state index contributed by atoms with van der Waals surface area (Å²) in [6, 6.07) is 19.8. The number of hydrogen-bond donors (Lipinski definition) is 0. The van der Waals surface area contributed by atoms with Crippen LogP contribution >= 0.6 is 11.3 Å². The first-order chi connectivity index (χ1) is 14.5. The summed E-state index contributed by atoms with van der Waals surface area (Å²) < 4.78 is 1.42. The average Bonchev–Trinajstić information content (AvgIpc) is 3.05. The molecule has 0 saturated carbocycles. The van der Waals surface area contributed by atoms with Crippen molar-refractivity contribution in [2.24, 2.45) is 0 Å². The molecule has 0 aliphatic carbocycles. The Morgan fingerprint density at radius 3 is 2.10 bits per heavy atom. The van der Waals surface area contributed by atoms with E-state index in [9.17, 15) is 9.59 Å². The number of aryl methyl sites for hydroxylation is 2. The molecule has 0 atom stereocenters. The molecule has 0 aliphatic rings. The lowest BCUT2D eigenvalue weighted by atomic mass is 10.1. The van der Waals surface area contributed by atoms with Gasteiger partial charge in [0, 0.05) is 18.0 Å². The fraction of sp³-hybridized carbons (Fsp3) is 0.208. The lowest BCUT2D eigenvalue weighted by Gasteiger charge is -2.23. The highest BCUT2D eigenvalue weighted by Gasteiger charge is 2.18. The zero-order valence-electron chi connectivity index (χ0n) is 17.0. The largest absolute Gasteiger partial charge is 0.332 e. The van der Waals surface area contributed by atoms with E-state index in [0.29, 0.717) is 18.5 Å². The van der Waals surface area contributed by atoms with Crippen molar-refractivity contribution in [3.63, 3.8) is 0 Å². The molecular formula is C24H23N3O2S. The molecule has 5 nitrogen and oxygen atoms in total. The molecule has 0 radical (unpaired) electrons. The van der Waals surface area contributed by atoms with E-state index in [1.54, 1.807) is 4.90 Å². The molecule has 0 unspecified atom stereocenters. The summed E-state index contributed by atoms with van der Waals surface area (Å²) in [5, 5.41) is 0.616. The van der Waals surface area contributed by atoms with Crippen LogP contribution in [0.5, 0.6) is 0 Å². The Kier molecular flexibility index (Phi) is 5.77. The number of thiophene rings is 1. The molecule has 152 valence electrons. The van der Waals surface area contributed by atoms with Crippen LogP contribution in [0, 0.1) is 13.8 Å². The Labute approximate surface area is 179 Å². The summed E-state index contributed by atoms with van der Waals surface area (Å²) in [5.74, 6) is -0.115. The van der Waals surface area contributed by atoms with Gasteiger partial charge in [0.1, 0.15) is 11.4 Å². The molecule has 0 fully saturated rings. The fourth-order valence-electron chi connectivity index (χ4n) is 3.47. The summed E-state index contributed by atoms with van der Waals surface area (Å²) in [4.78, 5) is 34.2. The minimum atomic E-state index is -0.158. The van der Waals surface area contributed by atoms with Gasteiger partial charge in [0.05, 0.1) is 11.7 Å². The van der Waals surface area contributed by atoms with Gasteiger partial charge in [-0.25, -0.2) is 4.98 Å². The highest BCUT2D eigenvalue weighted by molar-refractivity contribution is 7.18. The third-order valence-corrected chi connectivity index (χ3v) is 6.36. The maximum Gasteiger partial charge on any atom is 0.262 e. The summed E-state index contributed by atoms with van der Waals surface area (Å²) >= 11 is 1.51. The van der Waals surface area contributed by atoms with Crippen LogP contribution in [-0.2, 0) is 24.4 Å². The second kappa shape index (κ2) is 8.63. The number of carbonyl (C=O) groups is 1. The molecule has 0 spiro atoms. The Balaban J connectivity index is 1.63. The van der Waals surface area contributed by atoms with Crippen molar-refractivity contribution in [1.29, 1.82) is 0 Å². The van der Waals surface area contributed by atoms with Gasteiger partial charge >= 0.3 is 0 Å². The average molecular weight is 418 g/mol. The lowest BCUT2D eigenvalue weighted by Crippen LogP contribution is -2.36. The van der Waals surface area contributed by atoms with Gasteiger partial charge in [0.2, 0.25) is 5.91 Å². The van der Waals surface area contributed by atoms with Crippen molar-refractivity contribution in [2.75, 3.05) is 0 Å². The maximum atomic E-state index is 13.2. The van der Waals surface area contributed by atoms with Crippen LogP contribution in [0.4, 0.5) is 0 Å². The monoisotopic (exact) mass is 417 g/mol. The molecule has 0 saturated heterocycles. The maximum absolute atomic E-state index is 13.2. The van der Waals surface area contributed by atoms with Crippen molar-refractivity contribution >= 4 is 27.5 Å². The molecule has 0 N–H and O–H groups in total. The van der Waals surface area contributed by atoms with Crippen LogP contribution in [0.1, 0.15) is 21.6 Å². The number of nitrogens with zero attached hydrogens (tertiary/aromatic N) is 3. The molecule has 2 aromatic heterocycles. The van der Waals surface area contributed by atoms with Crippen LogP contribution in [0.25, 0.3) is 10.2 Å². The van der Waals surface area contributed by atoms with Crippen LogP contribution in [0.3, 0.4) is 0 Å². The molecule has 0 bridgehead atoms. The van der Waals surface area contributed by atoms with E-state index in [0.717, 1.165) is 26.4 Å². The molecule has 0 aliphatic heterocycles. The molecule has 2 aromatic carbocycles. The van der Waals surface area contributed by atoms with Crippen LogP contribution in [-0.4, -0.2) is 20.4 Å². The van der Waals surface area contributed by atoms with E-state index >= 15 is 0 Å². The zero-order valence-corrected chi connectivity index (χ0v) is 17.9. The minimum absolute atomic E-state index is 0.0320. The number of amides is 1. The van der Waals surface area contributed by atoms with Gasteiger partial charge in [-0.3, -0.25) is 14.2 Å². The van der Waals surface area contributed by atoms with Gasteiger partial charge in [0.25, 0.3) is 5.56 Å². The van der Waals surface area contributed by atoms with Crippen molar-refractivity contribution in [2.45, 2.75) is 33.5 Å². The van der Waals surface area contributed by atoms with Gasteiger partial charge < -0.3 is 4.90 Å². The van der Waals surface area contributed by atoms with Crippen LogP contribution in [0.15, 0.2) is 71.8 Å². The molecular weight excluding hydrogens is 394 g/mol. The lowest BCUT2D eigenvalue weighted by molar-refractivity contribution is -0.133. The van der Waals surface area contributed by atoms with E-state index in [-0.39, 0.29) is 18.0 Å². The highest BCUT2D eigenvalue weighted by atomic mass is 32.1. The molecule has 4 rings (SSSR count). The van der Waals surface area contributed by atoms with E-state index in [2.05, 4.69) is 4.98 Å². The summed E-state index contributed by atoms with van der Waals surface area (Å²) in [7, 11) is 0. The second-order valence-electron chi connectivity index (χ2n) is 7.36. The third-order valence-electron chi connectivity index (χ3n) is 5.25. The van der Waals surface area contributed by atoms with Crippen molar-refractivity contribution in [3.8, 4) is 0 Å². The van der Waals surface area contributed by atoms with Crippen molar-refractivity contribution < 1.29 is 4.79 Å².